The Morgan fingerprint density at radius 3 is 2.16 bits per heavy atom. The summed E-state index contributed by atoms with van der Waals surface area (Å²) >= 11 is 7.10. The number of anilines is 1. The van der Waals surface area contributed by atoms with E-state index in [9.17, 15) is 14.4 Å². The van der Waals surface area contributed by atoms with Gasteiger partial charge in [-0.25, -0.2) is 0 Å². The molecule has 0 radical (unpaired) electrons. The number of nitrogens with one attached hydrogen (secondary N) is 1. The van der Waals surface area contributed by atoms with Gasteiger partial charge in [0.25, 0.3) is 5.91 Å². The molecule has 31 heavy (non-hydrogen) atoms. The molecule has 0 spiro atoms. The summed E-state index contributed by atoms with van der Waals surface area (Å²) in [6, 6.07) is 20.3. The molecule has 3 rings (SSSR count). The van der Waals surface area contributed by atoms with Crippen LogP contribution in [0.2, 0.25) is 5.02 Å². The first-order chi connectivity index (χ1) is 14.9. The number of ketones is 1. The van der Waals surface area contributed by atoms with Crippen molar-refractivity contribution in [3.63, 3.8) is 0 Å². The predicted molar refractivity (Wildman–Crippen MR) is 122 cm³/mol. The third-order valence-corrected chi connectivity index (χ3v) is 5.47. The van der Waals surface area contributed by atoms with E-state index < -0.39 is 5.91 Å². The van der Waals surface area contributed by atoms with Crippen LogP contribution in [0.5, 0.6) is 5.75 Å². The van der Waals surface area contributed by atoms with Crippen molar-refractivity contribution in [2.75, 3.05) is 17.7 Å². The highest BCUT2D eigenvalue weighted by atomic mass is 35.5. The van der Waals surface area contributed by atoms with Crippen LogP contribution in [-0.2, 0) is 9.59 Å². The molecule has 0 bridgehead atoms. The van der Waals surface area contributed by atoms with Crippen molar-refractivity contribution >= 4 is 46.6 Å². The van der Waals surface area contributed by atoms with Gasteiger partial charge >= 0.3 is 0 Å². The van der Waals surface area contributed by atoms with Crippen molar-refractivity contribution in [2.45, 2.75) is 4.90 Å². The van der Waals surface area contributed by atoms with Crippen molar-refractivity contribution in [2.24, 2.45) is 5.73 Å². The SMILES string of the molecule is NC(=O)CSc1ccccc1NC(=O)COc1ccc(C(=O)c2ccc(Cl)cc2)cc1. The fourth-order valence-electron chi connectivity index (χ4n) is 2.65. The lowest BCUT2D eigenvalue weighted by atomic mass is 10.0. The highest BCUT2D eigenvalue weighted by Crippen LogP contribution is 2.26. The Kier molecular flexibility index (Phi) is 7.70. The van der Waals surface area contributed by atoms with Crippen LogP contribution in [0, 0.1) is 0 Å². The zero-order chi connectivity index (χ0) is 22.2. The van der Waals surface area contributed by atoms with Crippen LogP contribution < -0.4 is 15.8 Å². The van der Waals surface area contributed by atoms with Crippen molar-refractivity contribution in [1.29, 1.82) is 0 Å². The Morgan fingerprint density at radius 1 is 0.903 bits per heavy atom. The summed E-state index contributed by atoms with van der Waals surface area (Å²) in [5, 5.41) is 3.32. The van der Waals surface area contributed by atoms with Crippen LogP contribution in [0.25, 0.3) is 0 Å². The zero-order valence-electron chi connectivity index (χ0n) is 16.3. The number of hydrogen-bond acceptors (Lipinski definition) is 5. The Labute approximate surface area is 188 Å². The van der Waals surface area contributed by atoms with Crippen LogP contribution in [0.1, 0.15) is 15.9 Å². The number of benzene rings is 3. The minimum Gasteiger partial charge on any atom is -0.484 e. The van der Waals surface area contributed by atoms with Crippen molar-refractivity contribution in [3.8, 4) is 5.75 Å². The van der Waals surface area contributed by atoms with Gasteiger partial charge in [0.15, 0.2) is 12.4 Å². The monoisotopic (exact) mass is 454 g/mol. The molecule has 0 aliphatic heterocycles. The molecule has 0 aliphatic rings. The molecule has 2 amide bonds. The van der Waals surface area contributed by atoms with Crippen molar-refractivity contribution < 1.29 is 19.1 Å². The number of ether oxygens (including phenoxy) is 1. The molecule has 3 N–H and O–H groups in total. The van der Waals surface area contributed by atoms with Crippen LogP contribution >= 0.6 is 23.4 Å². The number of nitrogens with two attached hydrogens (primary N) is 1. The van der Waals surface area contributed by atoms with E-state index in [1.807, 2.05) is 6.07 Å². The minimum absolute atomic E-state index is 0.116. The minimum atomic E-state index is -0.438. The number of hydrogen-bond donors (Lipinski definition) is 2. The fraction of sp³-hybridized carbons (Fsp3) is 0.0870. The number of primary amides is 1. The molecule has 3 aromatic carbocycles. The third kappa shape index (κ3) is 6.60. The summed E-state index contributed by atoms with van der Waals surface area (Å²) in [5.41, 5.74) is 6.79. The maximum atomic E-state index is 12.5. The molecule has 8 heteroatoms. The van der Waals surface area contributed by atoms with Crippen LogP contribution in [0.4, 0.5) is 5.69 Å². The first-order valence-corrected chi connectivity index (χ1v) is 10.6. The van der Waals surface area contributed by atoms with Crippen LogP contribution in [0.3, 0.4) is 0 Å². The average molecular weight is 455 g/mol. The quantitative estimate of drug-likeness (QED) is 0.373. The van der Waals surface area contributed by atoms with E-state index in [0.717, 1.165) is 4.90 Å². The molecular formula is C23H19ClN2O4S. The highest BCUT2D eigenvalue weighted by Gasteiger charge is 2.11. The van der Waals surface area contributed by atoms with E-state index in [2.05, 4.69) is 5.32 Å². The van der Waals surface area contributed by atoms with Gasteiger partial charge in [-0.1, -0.05) is 23.7 Å². The summed E-state index contributed by atoms with van der Waals surface area (Å²) < 4.78 is 5.51. The topological polar surface area (TPSA) is 98.5 Å². The van der Waals surface area contributed by atoms with E-state index in [4.69, 9.17) is 22.1 Å². The van der Waals surface area contributed by atoms with Gasteiger partial charge in [-0.3, -0.25) is 14.4 Å². The Balaban J connectivity index is 1.56. The highest BCUT2D eigenvalue weighted by molar-refractivity contribution is 8.00. The maximum absolute atomic E-state index is 12.5. The van der Waals surface area contributed by atoms with Gasteiger partial charge < -0.3 is 15.8 Å². The first-order valence-electron chi connectivity index (χ1n) is 9.25. The molecular weight excluding hydrogens is 436 g/mol. The molecule has 158 valence electrons. The van der Waals surface area contributed by atoms with Gasteiger partial charge in [-0.2, -0.15) is 0 Å². The largest absolute Gasteiger partial charge is 0.484 e. The van der Waals surface area contributed by atoms with E-state index >= 15 is 0 Å². The van der Waals surface area contributed by atoms with Gasteiger partial charge in [-0.05, 0) is 60.7 Å². The van der Waals surface area contributed by atoms with Crippen LogP contribution in [-0.4, -0.2) is 30.0 Å². The molecule has 0 aliphatic carbocycles. The van der Waals surface area contributed by atoms with Gasteiger partial charge in [0.1, 0.15) is 5.75 Å². The van der Waals surface area contributed by atoms with Crippen LogP contribution in [0.15, 0.2) is 77.7 Å². The fourth-order valence-corrected chi connectivity index (χ4v) is 3.52. The van der Waals surface area contributed by atoms with Gasteiger partial charge in [0, 0.05) is 21.0 Å². The Bertz CT molecular complexity index is 1090. The molecule has 0 fully saturated rings. The molecule has 0 saturated heterocycles. The summed E-state index contributed by atoms with van der Waals surface area (Å²) in [6.45, 7) is -0.209. The Hall–Kier alpha value is -3.29. The summed E-state index contributed by atoms with van der Waals surface area (Å²) in [6.07, 6.45) is 0. The van der Waals surface area contributed by atoms with Gasteiger partial charge in [0.2, 0.25) is 5.91 Å². The normalized spacial score (nSPS) is 10.4. The molecule has 6 nitrogen and oxygen atoms in total. The standard InChI is InChI=1S/C23H19ClN2O4S/c24-17-9-5-15(6-10-17)23(29)16-7-11-18(12-8-16)30-13-22(28)26-19-3-1-2-4-20(19)31-14-21(25)27/h1-12H,13-14H2,(H2,25,27)(H,26,28). The van der Waals surface area contributed by atoms with E-state index in [1.54, 1.807) is 66.7 Å². The lowest BCUT2D eigenvalue weighted by Gasteiger charge is -2.11. The number of carbonyl (C=O) groups excluding carboxylic acids is 3. The maximum Gasteiger partial charge on any atom is 0.262 e. The average Bonchev–Trinajstić information content (AvgIpc) is 2.77. The third-order valence-electron chi connectivity index (χ3n) is 4.12. The number of amides is 2. The molecule has 0 saturated carbocycles. The van der Waals surface area contributed by atoms with E-state index in [0.29, 0.717) is 27.6 Å². The second-order valence-electron chi connectivity index (χ2n) is 6.45. The van der Waals surface area contributed by atoms with Gasteiger partial charge in [0.05, 0.1) is 11.4 Å². The van der Waals surface area contributed by atoms with E-state index in [1.165, 1.54) is 11.8 Å². The Morgan fingerprint density at radius 2 is 1.52 bits per heavy atom. The number of thioether (sulfide) groups is 1. The zero-order valence-corrected chi connectivity index (χ0v) is 17.9. The molecule has 0 heterocycles. The van der Waals surface area contributed by atoms with E-state index in [-0.39, 0.29) is 24.1 Å². The summed E-state index contributed by atoms with van der Waals surface area (Å²) in [5.74, 6) is -0.351. The van der Waals surface area contributed by atoms with Gasteiger partial charge in [-0.15, -0.1) is 11.8 Å². The molecule has 0 aromatic heterocycles. The summed E-state index contributed by atoms with van der Waals surface area (Å²) in [7, 11) is 0. The number of halogens is 1. The first kappa shape index (κ1) is 22.4. The number of para-hydroxylation sites is 1. The van der Waals surface area contributed by atoms with Crippen molar-refractivity contribution in [1.82, 2.24) is 0 Å². The predicted octanol–water partition coefficient (Wildman–Crippen LogP) is 4.17. The second-order valence-corrected chi connectivity index (χ2v) is 7.90. The smallest absolute Gasteiger partial charge is 0.262 e. The summed E-state index contributed by atoms with van der Waals surface area (Å²) in [4.78, 5) is 36.5. The molecule has 3 aromatic rings. The number of rotatable bonds is 9. The lowest BCUT2D eigenvalue weighted by molar-refractivity contribution is -0.118. The molecule has 0 atom stereocenters. The molecule has 0 unspecified atom stereocenters. The van der Waals surface area contributed by atoms with Crippen molar-refractivity contribution in [3.05, 3.63) is 88.9 Å². The number of carbonyl (C=O) groups is 3. The lowest BCUT2D eigenvalue weighted by Crippen LogP contribution is -2.20. The second kappa shape index (κ2) is 10.7.